The lowest BCUT2D eigenvalue weighted by atomic mass is 10.00. The van der Waals surface area contributed by atoms with Crippen LogP contribution in [0.5, 0.6) is 0 Å². The SMILES string of the molecule is Cl.O=C1CCC[C@@H]2CNCCN12. The highest BCUT2D eigenvalue weighted by Crippen LogP contribution is 2.18. The molecule has 2 fully saturated rings. The number of halogens is 1. The zero-order valence-electron chi connectivity index (χ0n) is 7.08. The summed E-state index contributed by atoms with van der Waals surface area (Å²) in [5.41, 5.74) is 0. The van der Waals surface area contributed by atoms with Crippen LogP contribution in [0.15, 0.2) is 0 Å². The summed E-state index contributed by atoms with van der Waals surface area (Å²) >= 11 is 0. The van der Waals surface area contributed by atoms with Gasteiger partial charge in [-0.15, -0.1) is 12.4 Å². The topological polar surface area (TPSA) is 32.3 Å². The van der Waals surface area contributed by atoms with Crippen molar-refractivity contribution in [3.8, 4) is 0 Å². The van der Waals surface area contributed by atoms with Crippen LogP contribution in [0.3, 0.4) is 0 Å². The van der Waals surface area contributed by atoms with E-state index in [2.05, 4.69) is 5.32 Å². The summed E-state index contributed by atoms with van der Waals surface area (Å²) in [6, 6.07) is 0.505. The van der Waals surface area contributed by atoms with Crippen molar-refractivity contribution in [3.63, 3.8) is 0 Å². The quantitative estimate of drug-likeness (QED) is 0.600. The fourth-order valence-electron chi connectivity index (χ4n) is 1.98. The first-order valence-electron chi connectivity index (χ1n) is 4.38. The second-order valence-electron chi connectivity index (χ2n) is 3.34. The molecule has 0 bridgehead atoms. The van der Waals surface area contributed by atoms with E-state index in [1.165, 1.54) is 6.42 Å². The van der Waals surface area contributed by atoms with Crippen molar-refractivity contribution in [1.29, 1.82) is 0 Å². The van der Waals surface area contributed by atoms with Crippen molar-refractivity contribution >= 4 is 18.3 Å². The number of amides is 1. The molecule has 2 rings (SSSR count). The molecule has 0 aliphatic carbocycles. The third-order valence-corrected chi connectivity index (χ3v) is 2.60. The van der Waals surface area contributed by atoms with Crippen molar-refractivity contribution in [2.24, 2.45) is 0 Å². The van der Waals surface area contributed by atoms with Gasteiger partial charge in [0.15, 0.2) is 0 Å². The van der Waals surface area contributed by atoms with E-state index in [4.69, 9.17) is 0 Å². The maximum Gasteiger partial charge on any atom is 0.222 e. The average molecular weight is 191 g/mol. The molecule has 0 saturated carbocycles. The molecule has 2 aliphatic rings. The van der Waals surface area contributed by atoms with Gasteiger partial charge in [-0.3, -0.25) is 4.79 Å². The lowest BCUT2D eigenvalue weighted by Crippen LogP contribution is -2.55. The Morgan fingerprint density at radius 2 is 2.33 bits per heavy atom. The van der Waals surface area contributed by atoms with Gasteiger partial charge in [0, 0.05) is 32.1 Å². The number of nitrogens with zero attached hydrogens (tertiary/aromatic N) is 1. The van der Waals surface area contributed by atoms with Crippen LogP contribution < -0.4 is 5.32 Å². The van der Waals surface area contributed by atoms with Gasteiger partial charge in [0.2, 0.25) is 5.91 Å². The molecule has 1 amide bonds. The first-order valence-corrected chi connectivity index (χ1v) is 4.38. The predicted octanol–water partition coefficient (Wildman–Crippen LogP) is 0.392. The number of fused-ring (bicyclic) bond motifs is 1. The molecule has 0 radical (unpaired) electrons. The van der Waals surface area contributed by atoms with Crippen LogP contribution in [-0.4, -0.2) is 36.5 Å². The Balaban J connectivity index is 0.000000720. The molecule has 2 aliphatic heterocycles. The van der Waals surface area contributed by atoms with E-state index >= 15 is 0 Å². The van der Waals surface area contributed by atoms with Crippen LogP contribution in [0, 0.1) is 0 Å². The molecule has 12 heavy (non-hydrogen) atoms. The van der Waals surface area contributed by atoms with E-state index in [0.29, 0.717) is 11.9 Å². The van der Waals surface area contributed by atoms with Crippen LogP contribution >= 0.6 is 12.4 Å². The highest BCUT2D eigenvalue weighted by Gasteiger charge is 2.29. The molecule has 2 saturated heterocycles. The zero-order chi connectivity index (χ0) is 7.68. The summed E-state index contributed by atoms with van der Waals surface area (Å²) in [7, 11) is 0. The minimum atomic E-state index is 0. The summed E-state index contributed by atoms with van der Waals surface area (Å²) in [5.74, 6) is 0.364. The van der Waals surface area contributed by atoms with Crippen LogP contribution in [-0.2, 0) is 4.79 Å². The molecule has 0 aromatic rings. The van der Waals surface area contributed by atoms with E-state index in [-0.39, 0.29) is 12.4 Å². The van der Waals surface area contributed by atoms with Gasteiger partial charge in [-0.25, -0.2) is 0 Å². The zero-order valence-corrected chi connectivity index (χ0v) is 7.90. The van der Waals surface area contributed by atoms with Crippen molar-refractivity contribution in [2.75, 3.05) is 19.6 Å². The van der Waals surface area contributed by atoms with Crippen molar-refractivity contribution in [1.82, 2.24) is 10.2 Å². The van der Waals surface area contributed by atoms with Crippen molar-refractivity contribution < 1.29 is 4.79 Å². The van der Waals surface area contributed by atoms with Gasteiger partial charge in [0.25, 0.3) is 0 Å². The Bertz CT molecular complexity index is 172. The second kappa shape index (κ2) is 4.10. The van der Waals surface area contributed by atoms with E-state index in [0.717, 1.165) is 32.5 Å². The average Bonchev–Trinajstić information content (AvgIpc) is 2.06. The highest BCUT2D eigenvalue weighted by atomic mass is 35.5. The first kappa shape index (κ1) is 9.81. The maximum absolute atomic E-state index is 11.3. The number of hydrogen-bond donors (Lipinski definition) is 1. The van der Waals surface area contributed by atoms with Crippen molar-refractivity contribution in [2.45, 2.75) is 25.3 Å². The smallest absolute Gasteiger partial charge is 0.222 e. The Morgan fingerprint density at radius 3 is 3.08 bits per heavy atom. The molecule has 4 heteroatoms. The number of piperazine rings is 1. The Kier molecular flexibility index (Phi) is 3.35. The molecule has 2 heterocycles. The standard InChI is InChI=1S/C8H14N2O.ClH/c11-8-3-1-2-7-6-9-4-5-10(7)8;/h7,9H,1-6H2;1H/t7-;/m1./s1. The fourth-order valence-corrected chi connectivity index (χ4v) is 1.98. The summed E-state index contributed by atoms with van der Waals surface area (Å²) in [4.78, 5) is 13.4. The monoisotopic (exact) mass is 190 g/mol. The van der Waals surface area contributed by atoms with Crippen LogP contribution in [0.4, 0.5) is 0 Å². The summed E-state index contributed by atoms with van der Waals surface area (Å²) < 4.78 is 0. The van der Waals surface area contributed by atoms with Gasteiger partial charge in [0.1, 0.15) is 0 Å². The Hall–Kier alpha value is -0.280. The number of carbonyl (C=O) groups excluding carboxylic acids is 1. The van der Waals surface area contributed by atoms with Gasteiger partial charge in [-0.1, -0.05) is 0 Å². The second-order valence-corrected chi connectivity index (χ2v) is 3.34. The number of nitrogens with one attached hydrogen (secondary N) is 1. The molecule has 0 aromatic heterocycles. The number of piperidine rings is 1. The van der Waals surface area contributed by atoms with Gasteiger partial charge in [-0.05, 0) is 12.8 Å². The van der Waals surface area contributed by atoms with Gasteiger partial charge >= 0.3 is 0 Å². The largest absolute Gasteiger partial charge is 0.337 e. The first-order chi connectivity index (χ1) is 5.38. The van der Waals surface area contributed by atoms with Crippen LogP contribution in [0.25, 0.3) is 0 Å². The van der Waals surface area contributed by atoms with Crippen molar-refractivity contribution in [3.05, 3.63) is 0 Å². The molecule has 0 aromatic carbocycles. The third-order valence-electron chi connectivity index (χ3n) is 2.60. The molecular formula is C8H15ClN2O. The van der Waals surface area contributed by atoms with Gasteiger partial charge in [-0.2, -0.15) is 0 Å². The van der Waals surface area contributed by atoms with E-state index in [1.807, 2.05) is 4.90 Å². The Morgan fingerprint density at radius 1 is 1.50 bits per heavy atom. The van der Waals surface area contributed by atoms with Crippen LogP contribution in [0.1, 0.15) is 19.3 Å². The molecule has 1 N–H and O–H groups in total. The summed E-state index contributed by atoms with van der Waals surface area (Å²) in [6.07, 6.45) is 3.05. The molecule has 70 valence electrons. The lowest BCUT2D eigenvalue weighted by Gasteiger charge is -2.39. The lowest BCUT2D eigenvalue weighted by molar-refractivity contribution is -0.137. The summed E-state index contributed by atoms with van der Waals surface area (Å²) in [6.45, 7) is 2.90. The molecular weight excluding hydrogens is 176 g/mol. The minimum absolute atomic E-state index is 0. The normalized spacial score (nSPS) is 29.2. The fraction of sp³-hybridized carbons (Fsp3) is 0.875. The van der Waals surface area contributed by atoms with Gasteiger partial charge < -0.3 is 10.2 Å². The molecule has 0 unspecified atom stereocenters. The molecule has 0 spiro atoms. The number of carbonyl (C=O) groups is 1. The van der Waals surface area contributed by atoms with Gasteiger partial charge in [0.05, 0.1) is 0 Å². The summed E-state index contributed by atoms with van der Waals surface area (Å²) in [5, 5.41) is 3.31. The number of rotatable bonds is 0. The molecule has 1 atom stereocenters. The third kappa shape index (κ3) is 1.72. The highest BCUT2D eigenvalue weighted by molar-refractivity contribution is 5.85. The Labute approximate surface area is 78.9 Å². The van der Waals surface area contributed by atoms with E-state index < -0.39 is 0 Å². The minimum Gasteiger partial charge on any atom is -0.337 e. The predicted molar refractivity (Wildman–Crippen MR) is 49.5 cm³/mol. The maximum atomic E-state index is 11.3. The number of hydrogen-bond acceptors (Lipinski definition) is 2. The van der Waals surface area contributed by atoms with Crippen LogP contribution in [0.2, 0.25) is 0 Å². The van der Waals surface area contributed by atoms with E-state index in [9.17, 15) is 4.79 Å². The molecule has 3 nitrogen and oxygen atoms in total. The van der Waals surface area contributed by atoms with E-state index in [1.54, 1.807) is 0 Å².